The van der Waals surface area contributed by atoms with Crippen LogP contribution in [-0.2, 0) is 32.9 Å². The van der Waals surface area contributed by atoms with E-state index < -0.39 is 68.5 Å². The van der Waals surface area contributed by atoms with Gasteiger partial charge in [-0.3, -0.25) is 0 Å². The monoisotopic (exact) mass is 592 g/mol. The van der Waals surface area contributed by atoms with Gasteiger partial charge in [0.05, 0.1) is 0 Å². The fourth-order valence-electron chi connectivity index (χ4n) is 4.90. The van der Waals surface area contributed by atoms with Gasteiger partial charge in [-0.1, -0.05) is 0 Å². The second-order valence-electron chi connectivity index (χ2n) is 12.0. The molecule has 0 N–H and O–H groups in total. The molecule has 0 spiro atoms. The van der Waals surface area contributed by atoms with E-state index in [0.29, 0.717) is 0 Å². The summed E-state index contributed by atoms with van der Waals surface area (Å²) in [5.74, 6) is 0. The number of hydrogen-bond acceptors (Lipinski definition) is 8. The molecule has 0 amide bonds. The summed E-state index contributed by atoms with van der Waals surface area (Å²) < 4.78 is 49.3. The van der Waals surface area contributed by atoms with E-state index in [2.05, 4.69) is 105 Å². The Kier molecular flexibility index (Phi) is 9.54. The van der Waals surface area contributed by atoms with Gasteiger partial charge in [-0.15, -0.1) is 0 Å². The molecular weight excluding hydrogens is 545 g/mol. The standard InChI is InChI=1S/2C8H24O4Si4/c2*1-13(2)9-14(3,4)11-16(7,8)12-15(5,6)10-13/h2*1-8H3. The summed E-state index contributed by atoms with van der Waals surface area (Å²) in [5.41, 5.74) is 0. The largest absolute Gasteiger partial charge is 0.416 e. The normalized spacial score (nSPS) is 31.5. The van der Waals surface area contributed by atoms with Crippen molar-refractivity contribution in [3.05, 3.63) is 0 Å². The van der Waals surface area contributed by atoms with Crippen molar-refractivity contribution < 1.29 is 32.9 Å². The molecule has 16 heteroatoms. The van der Waals surface area contributed by atoms with Crippen LogP contribution in [0.4, 0.5) is 0 Å². The van der Waals surface area contributed by atoms with Crippen molar-refractivity contribution in [3.8, 4) is 0 Å². The summed E-state index contributed by atoms with van der Waals surface area (Å²) >= 11 is 0. The Morgan fingerprint density at radius 1 is 0.188 bits per heavy atom. The first kappa shape index (κ1) is 31.4. The van der Waals surface area contributed by atoms with Crippen molar-refractivity contribution in [2.24, 2.45) is 0 Å². The van der Waals surface area contributed by atoms with Crippen LogP contribution in [0.5, 0.6) is 0 Å². The van der Waals surface area contributed by atoms with E-state index >= 15 is 0 Å². The van der Waals surface area contributed by atoms with E-state index in [1.54, 1.807) is 0 Å². The molecule has 2 heterocycles. The minimum atomic E-state index is -2.11. The van der Waals surface area contributed by atoms with Gasteiger partial charge in [-0.2, -0.15) is 0 Å². The quantitative estimate of drug-likeness (QED) is 0.329. The lowest BCUT2D eigenvalue weighted by molar-refractivity contribution is 0.236. The van der Waals surface area contributed by atoms with Crippen LogP contribution in [-0.4, -0.2) is 68.5 Å². The minimum Gasteiger partial charge on any atom is -0.416 e. The summed E-state index contributed by atoms with van der Waals surface area (Å²) in [4.78, 5) is 0. The topological polar surface area (TPSA) is 73.8 Å². The zero-order valence-electron chi connectivity index (χ0n) is 23.3. The van der Waals surface area contributed by atoms with Crippen LogP contribution in [0.1, 0.15) is 0 Å². The SMILES string of the molecule is C[Si]1(C)O[Si](C)(C)O[Si](C)(C)O[Si](C)(C)O1.C[Si]1(C)O[Si](C)(C)O[Si](C)(C)O[Si](C)(C)O1. The molecule has 0 unspecified atom stereocenters. The number of hydrogen-bond donors (Lipinski definition) is 0. The second kappa shape index (κ2) is 9.70. The Bertz CT molecular complexity index is 466. The summed E-state index contributed by atoms with van der Waals surface area (Å²) in [6, 6.07) is 0. The molecule has 0 radical (unpaired) electrons. The molecule has 2 aliphatic heterocycles. The fraction of sp³-hybridized carbons (Fsp3) is 1.00. The third kappa shape index (κ3) is 11.9. The molecule has 0 aliphatic carbocycles. The van der Waals surface area contributed by atoms with E-state index in [1.165, 1.54) is 0 Å². The molecule has 2 rings (SSSR count). The molecule has 0 aromatic carbocycles. The van der Waals surface area contributed by atoms with Gasteiger partial charge in [-0.05, 0) is 105 Å². The van der Waals surface area contributed by atoms with E-state index in [-0.39, 0.29) is 0 Å². The van der Waals surface area contributed by atoms with E-state index in [9.17, 15) is 0 Å². The molecule has 2 saturated heterocycles. The third-order valence-electron chi connectivity index (χ3n) is 3.93. The lowest BCUT2D eigenvalue weighted by atomic mass is 11.9. The molecule has 0 aromatic rings. The van der Waals surface area contributed by atoms with E-state index in [1.807, 2.05) is 0 Å². The van der Waals surface area contributed by atoms with Crippen LogP contribution in [0, 0.1) is 0 Å². The lowest BCUT2D eigenvalue weighted by Gasteiger charge is -2.46. The maximum absolute atomic E-state index is 6.16. The highest BCUT2D eigenvalue weighted by Gasteiger charge is 2.51. The average molecular weight is 593 g/mol. The molecule has 0 saturated carbocycles. The summed E-state index contributed by atoms with van der Waals surface area (Å²) in [6.45, 7) is 33.2. The van der Waals surface area contributed by atoms with Gasteiger partial charge in [-0.25, -0.2) is 0 Å². The first-order chi connectivity index (χ1) is 13.7. The third-order valence-corrected chi connectivity index (χ3v) is 35.4. The van der Waals surface area contributed by atoms with Crippen LogP contribution in [0.25, 0.3) is 0 Å². The van der Waals surface area contributed by atoms with Gasteiger partial charge in [0.25, 0.3) is 0 Å². The molecule has 0 aromatic heterocycles. The Morgan fingerprint density at radius 2 is 0.250 bits per heavy atom. The lowest BCUT2D eigenvalue weighted by Crippen LogP contribution is -2.64. The van der Waals surface area contributed by atoms with Gasteiger partial charge >= 0.3 is 68.5 Å². The minimum absolute atomic E-state index is 2.07. The summed E-state index contributed by atoms with van der Waals surface area (Å²) in [5, 5.41) is 0. The zero-order chi connectivity index (χ0) is 25.7. The maximum Gasteiger partial charge on any atom is 0.314 e. The fourth-order valence-corrected chi connectivity index (χ4v) is 47.1. The van der Waals surface area contributed by atoms with Crippen LogP contribution in [0.3, 0.4) is 0 Å². The molecule has 2 aliphatic rings. The summed E-state index contributed by atoms with van der Waals surface area (Å²) in [7, 11) is -16.9. The number of rotatable bonds is 0. The van der Waals surface area contributed by atoms with Crippen molar-refractivity contribution >= 4 is 68.5 Å². The van der Waals surface area contributed by atoms with Crippen molar-refractivity contribution in [3.63, 3.8) is 0 Å². The Balaban J connectivity index is 0.000000320. The van der Waals surface area contributed by atoms with Gasteiger partial charge in [0, 0.05) is 0 Å². The molecule has 32 heavy (non-hydrogen) atoms. The molecule has 0 atom stereocenters. The van der Waals surface area contributed by atoms with Crippen molar-refractivity contribution in [1.29, 1.82) is 0 Å². The summed E-state index contributed by atoms with van der Waals surface area (Å²) in [6.07, 6.45) is 0. The van der Waals surface area contributed by atoms with Gasteiger partial charge < -0.3 is 32.9 Å². The van der Waals surface area contributed by atoms with Gasteiger partial charge in [0.1, 0.15) is 0 Å². The first-order valence-corrected chi connectivity index (χ1v) is 33.8. The van der Waals surface area contributed by atoms with E-state index in [0.717, 1.165) is 0 Å². The predicted octanol–water partition coefficient (Wildman–Crippen LogP) is 5.75. The Labute approximate surface area is 205 Å². The molecule has 8 nitrogen and oxygen atoms in total. The molecule has 0 bridgehead atoms. The van der Waals surface area contributed by atoms with Crippen LogP contribution in [0.2, 0.25) is 105 Å². The Morgan fingerprint density at radius 3 is 0.312 bits per heavy atom. The van der Waals surface area contributed by atoms with Crippen molar-refractivity contribution in [2.45, 2.75) is 105 Å². The molecule has 192 valence electrons. The predicted molar refractivity (Wildman–Crippen MR) is 149 cm³/mol. The highest BCUT2D eigenvalue weighted by molar-refractivity contribution is 6.93. The second-order valence-corrected chi connectivity index (χ2v) is 40.9. The van der Waals surface area contributed by atoms with Gasteiger partial charge in [0.15, 0.2) is 0 Å². The highest BCUT2D eigenvalue weighted by Crippen LogP contribution is 2.31. The molecule has 2 fully saturated rings. The van der Waals surface area contributed by atoms with Crippen LogP contribution < -0.4 is 0 Å². The van der Waals surface area contributed by atoms with Crippen molar-refractivity contribution in [1.82, 2.24) is 0 Å². The first-order valence-electron chi connectivity index (χ1n) is 11.3. The molecular formula is C16H48O8Si8. The van der Waals surface area contributed by atoms with Gasteiger partial charge in [0.2, 0.25) is 0 Å². The highest BCUT2D eigenvalue weighted by atomic mass is 28.5. The van der Waals surface area contributed by atoms with Crippen LogP contribution >= 0.6 is 0 Å². The Hall–Kier alpha value is 1.42. The zero-order valence-corrected chi connectivity index (χ0v) is 31.3. The van der Waals surface area contributed by atoms with E-state index in [4.69, 9.17) is 32.9 Å². The average Bonchev–Trinajstić information content (AvgIpc) is 2.21. The smallest absolute Gasteiger partial charge is 0.314 e. The van der Waals surface area contributed by atoms with Crippen LogP contribution in [0.15, 0.2) is 0 Å². The van der Waals surface area contributed by atoms with Crippen molar-refractivity contribution in [2.75, 3.05) is 0 Å². The maximum atomic E-state index is 6.16.